The Morgan fingerprint density at radius 1 is 1.04 bits per heavy atom. The Hall–Kier alpha value is -2.24. The number of halogens is 1. The quantitative estimate of drug-likeness (QED) is 0.436. The number of hydrogen-bond donors (Lipinski definition) is 0. The summed E-state index contributed by atoms with van der Waals surface area (Å²) < 4.78 is 11.5. The van der Waals surface area contributed by atoms with E-state index in [2.05, 4.69) is 9.97 Å². The number of rotatable bonds is 4. The van der Waals surface area contributed by atoms with Crippen LogP contribution >= 0.6 is 23.4 Å². The first-order valence-corrected chi connectivity index (χ1v) is 8.76. The normalized spacial score (nSPS) is 11.2. The Labute approximate surface area is 147 Å². The molecule has 0 saturated heterocycles. The molecule has 4 nitrogen and oxygen atoms in total. The molecule has 0 bridgehead atoms. The summed E-state index contributed by atoms with van der Waals surface area (Å²) >= 11 is 7.45. The standard InChI is InChI=1S/C18H13ClN2O2S/c1-11-15(20-17(22-11)12-5-3-2-4-6-12)10-24-18-21-14-8-7-13(19)9-16(14)23-18/h2-9H,10H2,1H3. The number of aromatic nitrogens is 2. The number of oxazole rings is 2. The van der Waals surface area contributed by atoms with Crippen LogP contribution in [0.2, 0.25) is 5.02 Å². The Morgan fingerprint density at radius 2 is 1.88 bits per heavy atom. The average Bonchev–Trinajstić information content (AvgIpc) is 3.16. The van der Waals surface area contributed by atoms with E-state index in [9.17, 15) is 0 Å². The Morgan fingerprint density at radius 3 is 2.71 bits per heavy atom. The first-order valence-electron chi connectivity index (χ1n) is 7.39. The zero-order valence-electron chi connectivity index (χ0n) is 12.8. The Bertz CT molecular complexity index is 995. The molecule has 120 valence electrons. The van der Waals surface area contributed by atoms with Gasteiger partial charge in [0.25, 0.3) is 5.22 Å². The van der Waals surface area contributed by atoms with E-state index in [0.717, 1.165) is 22.5 Å². The number of thioether (sulfide) groups is 1. The number of hydrogen-bond acceptors (Lipinski definition) is 5. The summed E-state index contributed by atoms with van der Waals surface area (Å²) in [6.07, 6.45) is 0. The lowest BCUT2D eigenvalue weighted by Crippen LogP contribution is -1.84. The van der Waals surface area contributed by atoms with Gasteiger partial charge in [0.15, 0.2) is 5.58 Å². The van der Waals surface area contributed by atoms with Gasteiger partial charge in [-0.3, -0.25) is 0 Å². The predicted octanol–water partition coefficient (Wildman–Crippen LogP) is 5.74. The van der Waals surface area contributed by atoms with E-state index in [0.29, 0.717) is 27.5 Å². The molecule has 0 atom stereocenters. The minimum Gasteiger partial charge on any atom is -0.441 e. The van der Waals surface area contributed by atoms with Gasteiger partial charge in [-0.1, -0.05) is 41.6 Å². The van der Waals surface area contributed by atoms with Gasteiger partial charge in [-0.25, -0.2) is 9.97 Å². The van der Waals surface area contributed by atoms with Crippen LogP contribution in [0.1, 0.15) is 11.5 Å². The van der Waals surface area contributed by atoms with Crippen molar-refractivity contribution in [1.82, 2.24) is 9.97 Å². The van der Waals surface area contributed by atoms with Crippen molar-refractivity contribution in [2.24, 2.45) is 0 Å². The van der Waals surface area contributed by atoms with Crippen molar-refractivity contribution in [3.63, 3.8) is 0 Å². The van der Waals surface area contributed by atoms with Crippen molar-refractivity contribution in [1.29, 1.82) is 0 Å². The van der Waals surface area contributed by atoms with Crippen LogP contribution in [-0.4, -0.2) is 9.97 Å². The summed E-state index contributed by atoms with van der Waals surface area (Å²) in [7, 11) is 0. The highest BCUT2D eigenvalue weighted by molar-refractivity contribution is 7.98. The summed E-state index contributed by atoms with van der Waals surface area (Å²) in [5.41, 5.74) is 3.34. The summed E-state index contributed by atoms with van der Waals surface area (Å²) in [6.45, 7) is 1.92. The third-order valence-electron chi connectivity index (χ3n) is 3.58. The molecule has 0 unspecified atom stereocenters. The van der Waals surface area contributed by atoms with E-state index < -0.39 is 0 Å². The maximum absolute atomic E-state index is 5.97. The maximum Gasteiger partial charge on any atom is 0.257 e. The monoisotopic (exact) mass is 356 g/mol. The summed E-state index contributed by atoms with van der Waals surface area (Å²) in [6, 6.07) is 15.3. The fourth-order valence-corrected chi connectivity index (χ4v) is 3.34. The van der Waals surface area contributed by atoms with Gasteiger partial charge in [-0.05, 0) is 31.2 Å². The van der Waals surface area contributed by atoms with Crippen LogP contribution in [0.25, 0.3) is 22.6 Å². The molecule has 0 aliphatic rings. The first-order chi connectivity index (χ1) is 11.7. The highest BCUT2D eigenvalue weighted by Gasteiger charge is 2.13. The van der Waals surface area contributed by atoms with Gasteiger partial charge in [-0.15, -0.1) is 0 Å². The largest absolute Gasteiger partial charge is 0.441 e. The maximum atomic E-state index is 5.97. The third-order valence-corrected chi connectivity index (χ3v) is 4.65. The van der Waals surface area contributed by atoms with E-state index in [1.54, 1.807) is 12.1 Å². The molecule has 6 heteroatoms. The molecular formula is C18H13ClN2O2S. The SMILES string of the molecule is Cc1oc(-c2ccccc2)nc1CSc1nc2ccc(Cl)cc2o1. The topological polar surface area (TPSA) is 52.1 Å². The molecule has 0 N–H and O–H groups in total. The van der Waals surface area contributed by atoms with Crippen molar-refractivity contribution >= 4 is 34.5 Å². The molecule has 0 amide bonds. The van der Waals surface area contributed by atoms with E-state index >= 15 is 0 Å². The average molecular weight is 357 g/mol. The van der Waals surface area contributed by atoms with E-state index in [4.69, 9.17) is 20.4 Å². The smallest absolute Gasteiger partial charge is 0.257 e. The molecule has 2 heterocycles. The lowest BCUT2D eigenvalue weighted by Gasteiger charge is -1.93. The van der Waals surface area contributed by atoms with Crippen LogP contribution in [0.3, 0.4) is 0 Å². The van der Waals surface area contributed by atoms with Gasteiger partial charge in [0.1, 0.15) is 11.3 Å². The minimum atomic E-state index is 0.593. The molecule has 0 radical (unpaired) electrons. The van der Waals surface area contributed by atoms with Crippen molar-refractivity contribution in [3.8, 4) is 11.5 Å². The second kappa shape index (κ2) is 6.34. The van der Waals surface area contributed by atoms with Gasteiger partial charge in [0.2, 0.25) is 5.89 Å². The molecule has 4 aromatic rings. The lowest BCUT2D eigenvalue weighted by atomic mass is 10.2. The molecule has 24 heavy (non-hydrogen) atoms. The number of aryl methyl sites for hydroxylation is 1. The molecule has 0 spiro atoms. The van der Waals surface area contributed by atoms with Crippen LogP contribution in [-0.2, 0) is 5.75 Å². The van der Waals surface area contributed by atoms with Gasteiger partial charge in [0.05, 0.1) is 5.69 Å². The molecule has 0 aliphatic carbocycles. The fourth-order valence-electron chi connectivity index (χ4n) is 2.34. The molecule has 0 fully saturated rings. The summed E-state index contributed by atoms with van der Waals surface area (Å²) in [5.74, 6) is 2.07. The molecule has 0 aliphatic heterocycles. The van der Waals surface area contributed by atoms with Crippen molar-refractivity contribution < 1.29 is 8.83 Å². The van der Waals surface area contributed by atoms with Crippen LogP contribution in [0.15, 0.2) is 62.6 Å². The second-order valence-electron chi connectivity index (χ2n) is 5.27. The van der Waals surface area contributed by atoms with Gasteiger partial charge < -0.3 is 8.83 Å². The first kappa shape index (κ1) is 15.3. The molecular weight excluding hydrogens is 344 g/mol. The van der Waals surface area contributed by atoms with E-state index in [-0.39, 0.29) is 0 Å². The molecule has 2 aromatic heterocycles. The minimum absolute atomic E-state index is 0.593. The Kier molecular flexibility index (Phi) is 4.04. The second-order valence-corrected chi connectivity index (χ2v) is 6.63. The number of fused-ring (bicyclic) bond motifs is 1. The highest BCUT2D eigenvalue weighted by Crippen LogP contribution is 2.30. The Balaban J connectivity index is 1.54. The highest BCUT2D eigenvalue weighted by atomic mass is 35.5. The molecule has 0 saturated carbocycles. The predicted molar refractivity (Wildman–Crippen MR) is 95.3 cm³/mol. The van der Waals surface area contributed by atoms with Crippen molar-refractivity contribution in [2.75, 3.05) is 0 Å². The number of benzene rings is 2. The molecule has 2 aromatic carbocycles. The number of nitrogens with zero attached hydrogens (tertiary/aromatic N) is 2. The van der Waals surface area contributed by atoms with Crippen LogP contribution in [0.4, 0.5) is 0 Å². The summed E-state index contributed by atoms with van der Waals surface area (Å²) in [5, 5.41) is 1.23. The third kappa shape index (κ3) is 3.05. The van der Waals surface area contributed by atoms with Crippen LogP contribution in [0, 0.1) is 6.92 Å². The van der Waals surface area contributed by atoms with Gasteiger partial charge in [0, 0.05) is 22.4 Å². The zero-order chi connectivity index (χ0) is 16.5. The summed E-state index contributed by atoms with van der Waals surface area (Å²) in [4.78, 5) is 9.03. The van der Waals surface area contributed by atoms with E-state index in [1.165, 1.54) is 11.8 Å². The van der Waals surface area contributed by atoms with Crippen molar-refractivity contribution in [3.05, 3.63) is 65.0 Å². The lowest BCUT2D eigenvalue weighted by molar-refractivity contribution is 0.489. The fraction of sp³-hybridized carbons (Fsp3) is 0.111. The van der Waals surface area contributed by atoms with Crippen LogP contribution < -0.4 is 0 Å². The molecule has 4 rings (SSSR count). The van der Waals surface area contributed by atoms with Gasteiger partial charge >= 0.3 is 0 Å². The van der Waals surface area contributed by atoms with Crippen LogP contribution in [0.5, 0.6) is 0 Å². The zero-order valence-corrected chi connectivity index (χ0v) is 14.4. The van der Waals surface area contributed by atoms with Crippen molar-refractivity contribution in [2.45, 2.75) is 17.9 Å². The van der Waals surface area contributed by atoms with Gasteiger partial charge in [-0.2, -0.15) is 0 Å². The van der Waals surface area contributed by atoms with E-state index in [1.807, 2.05) is 43.3 Å².